The Morgan fingerprint density at radius 3 is 2.61 bits per heavy atom. The van der Waals surface area contributed by atoms with Crippen molar-refractivity contribution in [3.63, 3.8) is 0 Å². The number of carbonyl (C=O) groups is 1. The van der Waals surface area contributed by atoms with E-state index in [1.165, 1.54) is 18.2 Å². The van der Waals surface area contributed by atoms with Gasteiger partial charge in [-0.25, -0.2) is 13.2 Å². The zero-order valence-corrected chi connectivity index (χ0v) is 18.5. The van der Waals surface area contributed by atoms with Crippen LogP contribution in [0.5, 0.6) is 0 Å². The van der Waals surface area contributed by atoms with Crippen LogP contribution in [0.25, 0.3) is 0 Å². The average Bonchev–Trinajstić information content (AvgIpc) is 2.77. The summed E-state index contributed by atoms with van der Waals surface area (Å²) in [5.74, 6) is -3.38. The summed E-state index contributed by atoms with van der Waals surface area (Å²) in [6.45, 7) is 3.44. The summed E-state index contributed by atoms with van der Waals surface area (Å²) >= 11 is 0. The molecule has 0 unspecified atom stereocenters. The molecule has 1 N–H and O–H groups in total. The number of nitrogens with one attached hydrogen (secondary N) is 1. The molecule has 33 heavy (non-hydrogen) atoms. The Morgan fingerprint density at radius 1 is 1.12 bits per heavy atom. The van der Waals surface area contributed by atoms with Crippen molar-refractivity contribution in [3.8, 4) is 0 Å². The number of halogens is 3. The van der Waals surface area contributed by atoms with Crippen molar-refractivity contribution < 1.29 is 18.0 Å². The largest absolute Gasteiger partial charge is 0.350 e. The maximum Gasteiger partial charge on any atom is 0.256 e. The molecule has 1 aliphatic rings. The molecular formula is C25H25F3N4O. The number of likely N-dealkylation sites (tertiary alicyclic amines) is 1. The Labute approximate surface area is 190 Å². The number of pyridine rings is 1. The van der Waals surface area contributed by atoms with Gasteiger partial charge < -0.3 is 10.2 Å². The van der Waals surface area contributed by atoms with Gasteiger partial charge in [-0.2, -0.15) is 0 Å². The van der Waals surface area contributed by atoms with Crippen LogP contribution in [-0.2, 0) is 6.42 Å². The molecule has 0 spiro atoms. The molecule has 2 heterocycles. The van der Waals surface area contributed by atoms with Gasteiger partial charge in [0.1, 0.15) is 5.82 Å². The minimum atomic E-state index is -1.22. The SMILES string of the molecule is Cc1ccc(Nc2c(C(=O)N3CC(N(C)CCc4ccccn4)C3)ccc(F)c2F)c(F)c1. The standard InChI is InChI=1S/C25H25F3N4O/c1-16-6-9-22(21(27)13-16)30-24-19(7-8-20(26)23(24)28)25(33)32-14-18(15-32)31(2)12-10-17-5-3-4-11-29-17/h3-9,11,13,18,30H,10,12,14-15H2,1-2H3. The van der Waals surface area contributed by atoms with Crippen LogP contribution in [0.3, 0.4) is 0 Å². The fourth-order valence-electron chi connectivity index (χ4n) is 3.80. The third-order valence-electron chi connectivity index (χ3n) is 5.93. The van der Waals surface area contributed by atoms with Crippen LogP contribution in [0.4, 0.5) is 24.5 Å². The fourth-order valence-corrected chi connectivity index (χ4v) is 3.80. The van der Waals surface area contributed by atoms with E-state index in [0.717, 1.165) is 24.7 Å². The van der Waals surface area contributed by atoms with Crippen LogP contribution >= 0.6 is 0 Å². The van der Waals surface area contributed by atoms with Crippen LogP contribution in [0.1, 0.15) is 21.6 Å². The van der Waals surface area contributed by atoms with E-state index in [1.807, 2.05) is 25.2 Å². The molecule has 0 atom stereocenters. The first-order valence-corrected chi connectivity index (χ1v) is 10.7. The van der Waals surface area contributed by atoms with Crippen molar-refractivity contribution in [2.45, 2.75) is 19.4 Å². The number of benzene rings is 2. The normalized spacial score (nSPS) is 13.8. The number of carbonyl (C=O) groups excluding carboxylic acids is 1. The molecule has 0 bridgehead atoms. The average molecular weight is 454 g/mol. The van der Waals surface area contributed by atoms with Gasteiger partial charge in [-0.1, -0.05) is 12.1 Å². The van der Waals surface area contributed by atoms with E-state index in [1.54, 1.807) is 24.1 Å². The lowest BCUT2D eigenvalue weighted by Crippen LogP contribution is -2.60. The van der Waals surface area contributed by atoms with Crippen LogP contribution < -0.4 is 5.32 Å². The quantitative estimate of drug-likeness (QED) is 0.569. The molecular weight excluding hydrogens is 429 g/mol. The van der Waals surface area contributed by atoms with E-state index in [0.29, 0.717) is 18.7 Å². The Bertz CT molecular complexity index is 1150. The summed E-state index contributed by atoms with van der Waals surface area (Å²) in [5.41, 5.74) is 1.25. The van der Waals surface area contributed by atoms with Gasteiger partial charge in [-0.3, -0.25) is 14.7 Å². The Kier molecular flexibility index (Phi) is 6.65. The molecule has 0 aliphatic carbocycles. The predicted molar refractivity (Wildman–Crippen MR) is 121 cm³/mol. The third-order valence-corrected chi connectivity index (χ3v) is 5.93. The van der Waals surface area contributed by atoms with Crippen molar-refractivity contribution in [2.24, 2.45) is 0 Å². The molecule has 1 aromatic heterocycles. The number of rotatable bonds is 7. The zero-order valence-electron chi connectivity index (χ0n) is 18.5. The van der Waals surface area contributed by atoms with Gasteiger partial charge in [0.05, 0.1) is 16.9 Å². The number of aromatic nitrogens is 1. The minimum Gasteiger partial charge on any atom is -0.350 e. The van der Waals surface area contributed by atoms with Gasteiger partial charge >= 0.3 is 0 Å². The first kappa shape index (κ1) is 22.8. The molecule has 8 heteroatoms. The van der Waals surface area contributed by atoms with E-state index >= 15 is 0 Å². The smallest absolute Gasteiger partial charge is 0.256 e. The lowest BCUT2D eigenvalue weighted by molar-refractivity contribution is 0.0343. The minimum absolute atomic E-state index is 0.0325. The number of anilines is 2. The Hall–Kier alpha value is -3.39. The summed E-state index contributed by atoms with van der Waals surface area (Å²) in [6, 6.07) is 12.4. The van der Waals surface area contributed by atoms with Crippen LogP contribution in [0.2, 0.25) is 0 Å². The number of aryl methyl sites for hydroxylation is 1. The van der Waals surface area contributed by atoms with Crippen LogP contribution in [0.15, 0.2) is 54.7 Å². The molecule has 1 saturated heterocycles. The van der Waals surface area contributed by atoms with E-state index in [-0.39, 0.29) is 23.0 Å². The molecule has 4 rings (SSSR count). The van der Waals surface area contributed by atoms with Gasteiger partial charge in [0.25, 0.3) is 5.91 Å². The van der Waals surface area contributed by atoms with Gasteiger partial charge in [0, 0.05) is 44.0 Å². The summed E-state index contributed by atoms with van der Waals surface area (Å²) in [7, 11) is 1.99. The summed E-state index contributed by atoms with van der Waals surface area (Å²) in [6.07, 6.45) is 2.55. The Balaban J connectivity index is 1.44. The van der Waals surface area contributed by atoms with E-state index in [2.05, 4.69) is 15.2 Å². The van der Waals surface area contributed by atoms with Gasteiger partial charge in [-0.05, 0) is 55.9 Å². The first-order valence-electron chi connectivity index (χ1n) is 10.7. The highest BCUT2D eigenvalue weighted by Crippen LogP contribution is 2.30. The lowest BCUT2D eigenvalue weighted by atomic mass is 10.0. The second-order valence-electron chi connectivity index (χ2n) is 8.31. The zero-order chi connectivity index (χ0) is 23.5. The predicted octanol–water partition coefficient (Wildman–Crippen LogP) is 4.55. The molecule has 1 amide bonds. The summed E-state index contributed by atoms with van der Waals surface area (Å²) in [4.78, 5) is 21.1. The lowest BCUT2D eigenvalue weighted by Gasteiger charge is -2.44. The van der Waals surface area contributed by atoms with Crippen molar-refractivity contribution in [3.05, 3.63) is 89.0 Å². The van der Waals surface area contributed by atoms with Crippen molar-refractivity contribution in [2.75, 3.05) is 32.0 Å². The van der Waals surface area contributed by atoms with E-state index in [4.69, 9.17) is 0 Å². The van der Waals surface area contributed by atoms with Crippen LogP contribution in [0, 0.1) is 24.4 Å². The van der Waals surface area contributed by atoms with Crippen molar-refractivity contribution in [1.82, 2.24) is 14.8 Å². The molecule has 5 nitrogen and oxygen atoms in total. The number of hydrogen-bond donors (Lipinski definition) is 1. The molecule has 172 valence electrons. The summed E-state index contributed by atoms with van der Waals surface area (Å²) in [5, 5.41) is 2.58. The second kappa shape index (κ2) is 9.62. The number of nitrogens with zero attached hydrogens (tertiary/aromatic N) is 3. The third kappa shape index (κ3) is 5.01. The summed E-state index contributed by atoms with van der Waals surface area (Å²) < 4.78 is 42.8. The fraction of sp³-hybridized carbons (Fsp3) is 0.280. The number of likely N-dealkylation sites (N-methyl/N-ethyl adjacent to an activating group) is 1. The van der Waals surface area contributed by atoms with E-state index in [9.17, 15) is 18.0 Å². The van der Waals surface area contributed by atoms with Crippen LogP contribution in [-0.4, -0.2) is 53.4 Å². The van der Waals surface area contributed by atoms with Gasteiger partial charge in [-0.15, -0.1) is 0 Å². The topological polar surface area (TPSA) is 48.5 Å². The molecule has 3 aromatic rings. The second-order valence-corrected chi connectivity index (χ2v) is 8.31. The molecule has 1 fully saturated rings. The Morgan fingerprint density at radius 2 is 1.91 bits per heavy atom. The maximum absolute atomic E-state index is 14.6. The van der Waals surface area contributed by atoms with Crippen molar-refractivity contribution in [1.29, 1.82) is 0 Å². The molecule has 1 aliphatic heterocycles. The number of hydrogen-bond acceptors (Lipinski definition) is 4. The first-order chi connectivity index (χ1) is 15.8. The maximum atomic E-state index is 14.6. The number of amides is 1. The highest BCUT2D eigenvalue weighted by atomic mass is 19.2. The van der Waals surface area contributed by atoms with Crippen molar-refractivity contribution >= 4 is 17.3 Å². The van der Waals surface area contributed by atoms with Gasteiger partial charge in [0.2, 0.25) is 0 Å². The molecule has 0 saturated carbocycles. The molecule has 0 radical (unpaired) electrons. The van der Waals surface area contributed by atoms with E-state index < -0.39 is 23.4 Å². The highest BCUT2D eigenvalue weighted by molar-refractivity contribution is 6.01. The van der Waals surface area contributed by atoms with Gasteiger partial charge in [0.15, 0.2) is 11.6 Å². The monoisotopic (exact) mass is 454 g/mol. The molecule has 2 aromatic carbocycles. The highest BCUT2D eigenvalue weighted by Gasteiger charge is 2.35.